The fraction of sp³-hybridized carbons (Fsp3) is 0.0952. The van der Waals surface area contributed by atoms with Gasteiger partial charge in [0.15, 0.2) is 11.5 Å². The summed E-state index contributed by atoms with van der Waals surface area (Å²) in [6.45, 7) is 0.874. The van der Waals surface area contributed by atoms with E-state index in [4.69, 9.17) is 11.6 Å². The van der Waals surface area contributed by atoms with Crippen LogP contribution in [0.25, 0.3) is 5.82 Å². The normalized spacial score (nSPS) is 10.8. The lowest BCUT2D eigenvalue weighted by molar-refractivity contribution is 0.0946. The average molecular weight is 392 g/mol. The highest BCUT2D eigenvalue weighted by atomic mass is 35.5. The monoisotopic (exact) mass is 391 g/mol. The van der Waals surface area contributed by atoms with Crippen molar-refractivity contribution in [1.29, 1.82) is 0 Å². The molecule has 4 rings (SSSR count). The molecule has 0 radical (unpaired) electrons. The summed E-state index contributed by atoms with van der Waals surface area (Å²) >= 11 is 6.09. The lowest BCUT2D eigenvalue weighted by Crippen LogP contribution is -2.25. The van der Waals surface area contributed by atoms with Gasteiger partial charge < -0.3 is 9.88 Å². The maximum Gasteiger partial charge on any atom is 0.276 e. The molecule has 28 heavy (non-hydrogen) atoms. The molecule has 1 N–H and O–H groups in total. The summed E-state index contributed by atoms with van der Waals surface area (Å²) in [7, 11) is 0. The minimum Gasteiger partial charge on any atom is -0.346 e. The second-order valence-corrected chi connectivity index (χ2v) is 6.74. The molecule has 0 unspecified atom stereocenters. The number of carbonyl (C=O) groups is 1. The molecular formula is C21H18ClN5O. The molecule has 4 aromatic rings. The molecule has 0 aliphatic heterocycles. The highest BCUT2D eigenvalue weighted by Gasteiger charge is 2.21. The van der Waals surface area contributed by atoms with Gasteiger partial charge in [0.25, 0.3) is 5.91 Å². The first kappa shape index (κ1) is 18.0. The minimum atomic E-state index is -0.273. The Morgan fingerprint density at radius 3 is 2.46 bits per heavy atom. The van der Waals surface area contributed by atoms with Crippen molar-refractivity contribution in [3.8, 4) is 5.82 Å². The molecule has 1 amide bonds. The van der Waals surface area contributed by atoms with E-state index < -0.39 is 0 Å². The number of aromatic nitrogens is 4. The van der Waals surface area contributed by atoms with Gasteiger partial charge in [-0.15, -0.1) is 5.10 Å². The summed E-state index contributed by atoms with van der Waals surface area (Å²) in [5.74, 6) is 0.334. The zero-order chi connectivity index (χ0) is 19.3. The van der Waals surface area contributed by atoms with Gasteiger partial charge in [-0.1, -0.05) is 59.3 Å². The van der Waals surface area contributed by atoms with E-state index in [9.17, 15) is 4.79 Å². The van der Waals surface area contributed by atoms with Crippen molar-refractivity contribution in [2.24, 2.45) is 0 Å². The molecule has 7 heteroatoms. The fourth-order valence-electron chi connectivity index (χ4n) is 2.96. The fourth-order valence-corrected chi connectivity index (χ4v) is 3.18. The van der Waals surface area contributed by atoms with Crippen molar-refractivity contribution >= 4 is 17.5 Å². The van der Waals surface area contributed by atoms with Crippen LogP contribution in [0.1, 0.15) is 21.6 Å². The van der Waals surface area contributed by atoms with Crippen LogP contribution in [-0.4, -0.2) is 25.5 Å². The highest BCUT2D eigenvalue weighted by Crippen LogP contribution is 2.17. The molecule has 0 aliphatic rings. The molecular weight excluding hydrogens is 374 g/mol. The van der Waals surface area contributed by atoms with Crippen LogP contribution in [0.2, 0.25) is 5.02 Å². The first-order chi connectivity index (χ1) is 13.7. The molecule has 0 spiro atoms. The van der Waals surface area contributed by atoms with Crippen LogP contribution < -0.4 is 5.32 Å². The van der Waals surface area contributed by atoms with Crippen LogP contribution >= 0.6 is 11.6 Å². The summed E-state index contributed by atoms with van der Waals surface area (Å²) in [6, 6.07) is 21.1. The van der Waals surface area contributed by atoms with Gasteiger partial charge in [0.05, 0.1) is 6.54 Å². The van der Waals surface area contributed by atoms with Gasteiger partial charge in [0.2, 0.25) is 0 Å². The third-order valence-corrected chi connectivity index (χ3v) is 4.53. The Morgan fingerprint density at radius 1 is 0.964 bits per heavy atom. The van der Waals surface area contributed by atoms with Crippen molar-refractivity contribution < 1.29 is 4.79 Å². The Morgan fingerprint density at radius 2 is 1.71 bits per heavy atom. The average Bonchev–Trinajstić information content (AvgIpc) is 3.36. The van der Waals surface area contributed by atoms with E-state index in [-0.39, 0.29) is 11.6 Å². The first-order valence-corrected chi connectivity index (χ1v) is 9.22. The van der Waals surface area contributed by atoms with Crippen molar-refractivity contribution in [2.45, 2.75) is 13.1 Å². The van der Waals surface area contributed by atoms with Gasteiger partial charge in [0, 0.05) is 24.0 Å². The number of benzene rings is 2. The SMILES string of the molecule is O=C(NCc1ccccc1)c1nnn(Cc2cccc(Cl)c2)c1-n1cccc1. The Bertz CT molecular complexity index is 1070. The maximum atomic E-state index is 12.8. The molecule has 0 bridgehead atoms. The lowest BCUT2D eigenvalue weighted by atomic mass is 10.2. The van der Waals surface area contributed by atoms with E-state index in [1.165, 1.54) is 0 Å². The summed E-state index contributed by atoms with van der Waals surface area (Å²) in [5, 5.41) is 11.9. The second kappa shape index (κ2) is 8.10. The number of hydrogen-bond donors (Lipinski definition) is 1. The van der Waals surface area contributed by atoms with Gasteiger partial charge in [-0.05, 0) is 35.4 Å². The van der Waals surface area contributed by atoms with Crippen molar-refractivity contribution in [2.75, 3.05) is 0 Å². The number of hydrogen-bond acceptors (Lipinski definition) is 3. The van der Waals surface area contributed by atoms with E-state index in [0.29, 0.717) is 23.9 Å². The first-order valence-electron chi connectivity index (χ1n) is 8.84. The molecule has 0 aliphatic carbocycles. The number of nitrogens with one attached hydrogen (secondary N) is 1. The van der Waals surface area contributed by atoms with Gasteiger partial charge in [-0.2, -0.15) is 0 Å². The number of carbonyl (C=O) groups excluding carboxylic acids is 1. The molecule has 0 fully saturated rings. The third-order valence-electron chi connectivity index (χ3n) is 4.29. The van der Waals surface area contributed by atoms with Crippen molar-refractivity contribution in [1.82, 2.24) is 24.9 Å². The summed E-state index contributed by atoms with van der Waals surface area (Å²) < 4.78 is 3.53. The van der Waals surface area contributed by atoms with Crippen LogP contribution in [0.5, 0.6) is 0 Å². The zero-order valence-corrected chi connectivity index (χ0v) is 15.8. The summed E-state index contributed by atoms with van der Waals surface area (Å²) in [5.41, 5.74) is 2.26. The Balaban J connectivity index is 1.62. The molecule has 0 atom stereocenters. The van der Waals surface area contributed by atoms with Crippen molar-refractivity contribution in [3.63, 3.8) is 0 Å². The molecule has 0 saturated carbocycles. The predicted molar refractivity (Wildman–Crippen MR) is 108 cm³/mol. The standard InChI is InChI=1S/C21H18ClN5O/c22-18-10-6-9-17(13-18)15-27-21(26-11-4-5-12-26)19(24-25-27)20(28)23-14-16-7-2-1-3-8-16/h1-13H,14-15H2,(H,23,28). The molecule has 6 nitrogen and oxygen atoms in total. The van der Waals surface area contributed by atoms with Crippen LogP contribution in [0.15, 0.2) is 79.1 Å². The maximum absolute atomic E-state index is 12.8. The van der Waals surface area contributed by atoms with Gasteiger partial charge in [-0.25, -0.2) is 4.68 Å². The van der Waals surface area contributed by atoms with Gasteiger partial charge in [0.1, 0.15) is 0 Å². The summed E-state index contributed by atoms with van der Waals surface area (Å²) in [6.07, 6.45) is 3.72. The smallest absolute Gasteiger partial charge is 0.276 e. The molecule has 2 aromatic carbocycles. The molecule has 0 saturated heterocycles. The van der Waals surface area contributed by atoms with Crippen LogP contribution in [-0.2, 0) is 13.1 Å². The number of amides is 1. The number of rotatable bonds is 6. The molecule has 140 valence electrons. The van der Waals surface area contributed by atoms with Crippen molar-refractivity contribution in [3.05, 3.63) is 101 Å². The Hall–Kier alpha value is -3.38. The van der Waals surface area contributed by atoms with E-state index in [1.54, 1.807) is 4.68 Å². The van der Waals surface area contributed by atoms with Crippen LogP contribution in [0.4, 0.5) is 0 Å². The Kier molecular flexibility index (Phi) is 5.21. The number of nitrogens with zero attached hydrogens (tertiary/aromatic N) is 4. The van der Waals surface area contributed by atoms with Crippen LogP contribution in [0, 0.1) is 0 Å². The van der Waals surface area contributed by atoms with Crippen LogP contribution in [0.3, 0.4) is 0 Å². The highest BCUT2D eigenvalue weighted by molar-refractivity contribution is 6.30. The minimum absolute atomic E-state index is 0.272. The summed E-state index contributed by atoms with van der Waals surface area (Å²) in [4.78, 5) is 12.8. The zero-order valence-electron chi connectivity index (χ0n) is 15.0. The topological polar surface area (TPSA) is 64.7 Å². The van der Waals surface area contributed by atoms with E-state index in [2.05, 4.69) is 15.6 Å². The molecule has 2 heterocycles. The van der Waals surface area contributed by atoms with E-state index in [1.807, 2.05) is 83.7 Å². The van der Waals surface area contributed by atoms with E-state index in [0.717, 1.165) is 11.1 Å². The second-order valence-electron chi connectivity index (χ2n) is 6.31. The van der Waals surface area contributed by atoms with E-state index >= 15 is 0 Å². The van der Waals surface area contributed by atoms with Gasteiger partial charge >= 0.3 is 0 Å². The third kappa shape index (κ3) is 3.97. The lowest BCUT2D eigenvalue weighted by Gasteiger charge is -2.10. The predicted octanol–water partition coefficient (Wildman–Crippen LogP) is 3.70. The molecule has 2 aromatic heterocycles. The number of halogens is 1. The largest absolute Gasteiger partial charge is 0.346 e. The van der Waals surface area contributed by atoms with Gasteiger partial charge in [-0.3, -0.25) is 4.79 Å². The Labute approximate surface area is 167 Å². The quantitative estimate of drug-likeness (QED) is 0.545.